The van der Waals surface area contributed by atoms with Crippen LogP contribution in [-0.2, 0) is 11.2 Å². The van der Waals surface area contributed by atoms with E-state index in [1.54, 1.807) is 7.11 Å². The second-order valence-corrected chi connectivity index (χ2v) is 9.15. The molecule has 2 aromatic carbocycles. The molecule has 0 aromatic heterocycles. The molecule has 2 aromatic rings. The van der Waals surface area contributed by atoms with Gasteiger partial charge >= 0.3 is 0 Å². The quantitative estimate of drug-likeness (QED) is 0.719. The maximum atomic E-state index is 13.0. The van der Waals surface area contributed by atoms with Crippen LogP contribution in [0.4, 0.5) is 0 Å². The lowest BCUT2D eigenvalue weighted by molar-refractivity contribution is -0.144. The van der Waals surface area contributed by atoms with Crippen LogP contribution in [0.2, 0.25) is 0 Å². The van der Waals surface area contributed by atoms with Gasteiger partial charge in [-0.3, -0.25) is 9.59 Å². The van der Waals surface area contributed by atoms with Gasteiger partial charge in [0, 0.05) is 43.7 Å². The molecule has 0 aliphatic carbocycles. The topological polar surface area (TPSA) is 53.1 Å². The number of likely N-dealkylation sites (tertiary alicyclic amines) is 2. The Morgan fingerprint density at radius 2 is 1.65 bits per heavy atom. The molecule has 2 fully saturated rings. The zero-order chi connectivity index (χ0) is 22.0. The number of rotatable bonds is 6. The lowest BCUT2D eigenvalue weighted by Crippen LogP contribution is -2.63. The van der Waals surface area contributed by atoms with Gasteiger partial charge in [-0.2, -0.15) is 0 Å². The molecule has 2 heterocycles. The predicted octanol–water partition coefficient (Wildman–Crippen LogP) is 2.40. The standard InChI is InChI=1S/C25H31N3O3/c1-26(2)14-21-15-27(24(30)20-7-5-4-6-8-20)16-25(21)17-28(18-25)23(29)13-19-9-11-22(31-3)12-10-19/h4-12,21H,13-18H2,1-3H3. The Kier molecular flexibility index (Phi) is 6.01. The minimum absolute atomic E-state index is 0.00964. The summed E-state index contributed by atoms with van der Waals surface area (Å²) in [6.45, 7) is 3.81. The molecule has 6 heteroatoms. The maximum Gasteiger partial charge on any atom is 0.253 e. The summed E-state index contributed by atoms with van der Waals surface area (Å²) < 4.78 is 5.19. The van der Waals surface area contributed by atoms with Crippen molar-refractivity contribution in [3.63, 3.8) is 0 Å². The molecule has 1 spiro atoms. The van der Waals surface area contributed by atoms with Gasteiger partial charge in [-0.25, -0.2) is 0 Å². The average Bonchev–Trinajstić information content (AvgIpc) is 3.12. The van der Waals surface area contributed by atoms with Crippen molar-refractivity contribution in [2.24, 2.45) is 11.3 Å². The minimum atomic E-state index is -0.00964. The second kappa shape index (κ2) is 8.71. The van der Waals surface area contributed by atoms with Crippen molar-refractivity contribution in [2.45, 2.75) is 6.42 Å². The Bertz CT molecular complexity index is 921. The fourth-order valence-electron chi connectivity index (χ4n) is 4.92. The highest BCUT2D eigenvalue weighted by Gasteiger charge is 2.56. The van der Waals surface area contributed by atoms with E-state index in [4.69, 9.17) is 4.74 Å². The first-order chi connectivity index (χ1) is 14.9. The predicted molar refractivity (Wildman–Crippen MR) is 120 cm³/mol. The van der Waals surface area contributed by atoms with E-state index in [1.807, 2.05) is 64.4 Å². The van der Waals surface area contributed by atoms with Gasteiger partial charge in [0.1, 0.15) is 5.75 Å². The van der Waals surface area contributed by atoms with E-state index in [9.17, 15) is 9.59 Å². The highest BCUT2D eigenvalue weighted by Crippen LogP contribution is 2.44. The zero-order valence-corrected chi connectivity index (χ0v) is 18.6. The fraction of sp³-hybridized carbons (Fsp3) is 0.440. The number of carbonyl (C=O) groups excluding carboxylic acids is 2. The minimum Gasteiger partial charge on any atom is -0.497 e. The van der Waals surface area contributed by atoms with Gasteiger partial charge in [0.25, 0.3) is 5.91 Å². The fourth-order valence-corrected chi connectivity index (χ4v) is 4.92. The molecule has 2 saturated heterocycles. The van der Waals surface area contributed by atoms with Crippen LogP contribution in [-0.4, -0.2) is 80.4 Å². The molecule has 2 aliphatic rings. The van der Waals surface area contributed by atoms with Crippen LogP contribution in [0, 0.1) is 11.3 Å². The van der Waals surface area contributed by atoms with Crippen molar-refractivity contribution >= 4 is 11.8 Å². The lowest BCUT2D eigenvalue weighted by Gasteiger charge is -2.51. The molecule has 1 unspecified atom stereocenters. The highest BCUT2D eigenvalue weighted by atomic mass is 16.5. The van der Waals surface area contributed by atoms with Crippen molar-refractivity contribution in [3.05, 3.63) is 65.7 Å². The summed E-state index contributed by atoms with van der Waals surface area (Å²) in [7, 11) is 5.78. The number of ether oxygens (including phenoxy) is 1. The molecule has 4 rings (SSSR count). The van der Waals surface area contributed by atoms with E-state index in [0.717, 1.165) is 43.1 Å². The Hall–Kier alpha value is -2.86. The molecule has 0 bridgehead atoms. The Labute approximate surface area is 184 Å². The van der Waals surface area contributed by atoms with Crippen molar-refractivity contribution in [1.29, 1.82) is 0 Å². The SMILES string of the molecule is COc1ccc(CC(=O)N2CC3(C2)CN(C(=O)c2ccccc2)CC3CN(C)C)cc1. The van der Waals surface area contributed by atoms with E-state index >= 15 is 0 Å². The lowest BCUT2D eigenvalue weighted by atomic mass is 9.71. The molecule has 0 radical (unpaired) electrons. The molecule has 1 atom stereocenters. The third kappa shape index (κ3) is 4.44. The van der Waals surface area contributed by atoms with Crippen molar-refractivity contribution < 1.29 is 14.3 Å². The van der Waals surface area contributed by atoms with Crippen LogP contribution in [0.5, 0.6) is 5.75 Å². The van der Waals surface area contributed by atoms with E-state index in [-0.39, 0.29) is 17.2 Å². The van der Waals surface area contributed by atoms with Gasteiger partial charge in [0.15, 0.2) is 0 Å². The smallest absolute Gasteiger partial charge is 0.253 e. The van der Waals surface area contributed by atoms with Crippen LogP contribution in [0.25, 0.3) is 0 Å². The molecule has 0 saturated carbocycles. The first-order valence-corrected chi connectivity index (χ1v) is 10.8. The monoisotopic (exact) mass is 421 g/mol. The summed E-state index contributed by atoms with van der Waals surface area (Å²) in [5.74, 6) is 1.39. The number of amides is 2. The summed E-state index contributed by atoms with van der Waals surface area (Å²) >= 11 is 0. The van der Waals surface area contributed by atoms with Crippen LogP contribution in [0.15, 0.2) is 54.6 Å². The summed E-state index contributed by atoms with van der Waals surface area (Å²) in [5, 5.41) is 0. The molecule has 31 heavy (non-hydrogen) atoms. The summed E-state index contributed by atoms with van der Waals surface area (Å²) in [6.07, 6.45) is 0.394. The normalized spacial score (nSPS) is 19.5. The number of carbonyl (C=O) groups is 2. The number of hydrogen-bond donors (Lipinski definition) is 0. The van der Waals surface area contributed by atoms with Gasteiger partial charge < -0.3 is 19.4 Å². The summed E-state index contributed by atoms with van der Waals surface area (Å²) in [4.78, 5) is 32.0. The zero-order valence-electron chi connectivity index (χ0n) is 18.6. The van der Waals surface area contributed by atoms with Crippen molar-refractivity contribution in [3.8, 4) is 5.75 Å². The molecule has 0 N–H and O–H groups in total. The van der Waals surface area contributed by atoms with Crippen LogP contribution in [0.1, 0.15) is 15.9 Å². The first-order valence-electron chi connectivity index (χ1n) is 10.8. The average molecular weight is 422 g/mol. The molecule has 164 valence electrons. The van der Waals surface area contributed by atoms with Crippen molar-refractivity contribution in [2.75, 3.05) is 53.9 Å². The molecule has 2 aliphatic heterocycles. The van der Waals surface area contributed by atoms with Crippen molar-refractivity contribution in [1.82, 2.24) is 14.7 Å². The largest absolute Gasteiger partial charge is 0.497 e. The van der Waals surface area contributed by atoms with E-state index in [0.29, 0.717) is 18.9 Å². The van der Waals surface area contributed by atoms with Gasteiger partial charge in [0.05, 0.1) is 13.5 Å². The van der Waals surface area contributed by atoms with E-state index in [1.165, 1.54) is 0 Å². The molecule has 6 nitrogen and oxygen atoms in total. The van der Waals surface area contributed by atoms with Crippen LogP contribution in [0.3, 0.4) is 0 Å². The number of hydrogen-bond acceptors (Lipinski definition) is 4. The molecular weight excluding hydrogens is 390 g/mol. The Morgan fingerprint density at radius 3 is 2.26 bits per heavy atom. The summed E-state index contributed by atoms with van der Waals surface area (Å²) in [6, 6.07) is 17.1. The molecular formula is C25H31N3O3. The van der Waals surface area contributed by atoms with Gasteiger partial charge in [-0.05, 0) is 49.8 Å². The number of benzene rings is 2. The number of nitrogens with zero attached hydrogens (tertiary/aromatic N) is 3. The van der Waals surface area contributed by atoms with Crippen LogP contribution < -0.4 is 4.74 Å². The number of methoxy groups -OCH3 is 1. The Balaban J connectivity index is 1.42. The second-order valence-electron chi connectivity index (χ2n) is 9.15. The van der Waals surface area contributed by atoms with Gasteiger partial charge in [0.2, 0.25) is 5.91 Å². The molecule has 2 amide bonds. The van der Waals surface area contributed by atoms with Crippen LogP contribution >= 0.6 is 0 Å². The highest BCUT2D eigenvalue weighted by molar-refractivity contribution is 5.94. The van der Waals surface area contributed by atoms with Gasteiger partial charge in [-0.1, -0.05) is 30.3 Å². The van der Waals surface area contributed by atoms with Gasteiger partial charge in [-0.15, -0.1) is 0 Å². The van der Waals surface area contributed by atoms with E-state index in [2.05, 4.69) is 19.0 Å². The third-order valence-electron chi connectivity index (χ3n) is 6.58. The van der Waals surface area contributed by atoms with E-state index < -0.39 is 0 Å². The Morgan fingerprint density at radius 1 is 1.00 bits per heavy atom. The summed E-state index contributed by atoms with van der Waals surface area (Å²) in [5.41, 5.74) is 1.71. The maximum absolute atomic E-state index is 13.0. The third-order valence-corrected chi connectivity index (χ3v) is 6.58. The first kappa shape index (κ1) is 21.4.